The van der Waals surface area contributed by atoms with Gasteiger partial charge >= 0.3 is 0 Å². The Morgan fingerprint density at radius 2 is 1.62 bits per heavy atom. The summed E-state index contributed by atoms with van der Waals surface area (Å²) < 4.78 is 0. The van der Waals surface area contributed by atoms with Gasteiger partial charge in [-0.25, -0.2) is 0 Å². The van der Waals surface area contributed by atoms with Gasteiger partial charge in [-0.15, -0.1) is 0 Å². The summed E-state index contributed by atoms with van der Waals surface area (Å²) in [5.41, 5.74) is 0. The summed E-state index contributed by atoms with van der Waals surface area (Å²) in [5.74, 6) is 4.10. The van der Waals surface area contributed by atoms with Crippen LogP contribution in [-0.2, 0) is 0 Å². The van der Waals surface area contributed by atoms with Gasteiger partial charge in [-0.3, -0.25) is 0 Å². The highest BCUT2D eigenvalue weighted by atomic mass is 14.8. The van der Waals surface area contributed by atoms with Crippen LogP contribution in [0.1, 0.15) is 110 Å². The van der Waals surface area contributed by atoms with Crippen LogP contribution >= 0.6 is 0 Å². The van der Waals surface area contributed by atoms with Crippen molar-refractivity contribution >= 4 is 0 Å². The molecule has 2 rings (SSSR count). The maximum absolute atomic E-state index is 3.73. The molecule has 2 aliphatic rings. The van der Waals surface area contributed by atoms with Gasteiger partial charge in [0.15, 0.2) is 0 Å². The molecule has 1 heterocycles. The Hall–Kier alpha value is -0.0400. The molecule has 1 heteroatoms. The standard InChI is InChI=1S/C23H45N/c1-3-4-5-8-11-21-13-15-23(19-21)22-14-12-20(2)10-7-6-9-17-24-18-16-22/h20-24H,3-19H2,1-2H3/t20-,21?,22+,23-/m1/s1. The molecule has 0 aromatic heterocycles. The second-order valence-corrected chi connectivity index (χ2v) is 9.12. The highest BCUT2D eigenvalue weighted by Crippen LogP contribution is 2.41. The molecule has 1 saturated heterocycles. The van der Waals surface area contributed by atoms with Crippen LogP contribution < -0.4 is 5.32 Å². The van der Waals surface area contributed by atoms with Crippen molar-refractivity contribution in [1.82, 2.24) is 5.32 Å². The minimum absolute atomic E-state index is 0.964. The Bertz CT molecular complexity index is 300. The molecule has 0 amide bonds. The van der Waals surface area contributed by atoms with Crippen molar-refractivity contribution in [3.8, 4) is 0 Å². The van der Waals surface area contributed by atoms with Crippen LogP contribution in [0.25, 0.3) is 0 Å². The average Bonchev–Trinajstić information content (AvgIpc) is 3.04. The summed E-state index contributed by atoms with van der Waals surface area (Å²) in [6, 6.07) is 0. The number of rotatable bonds is 6. The SMILES string of the molecule is CCCCCCC1CC[C@@H]([C@@H]2CCNCCCCC[C@@H](C)CC2)C1. The molecule has 4 atom stereocenters. The Morgan fingerprint density at radius 1 is 0.750 bits per heavy atom. The predicted octanol–water partition coefficient (Wildman–Crippen LogP) is 6.96. The Labute approximate surface area is 152 Å². The van der Waals surface area contributed by atoms with E-state index in [1.165, 1.54) is 103 Å². The van der Waals surface area contributed by atoms with Gasteiger partial charge in [0, 0.05) is 0 Å². The lowest BCUT2D eigenvalue weighted by Gasteiger charge is -2.26. The van der Waals surface area contributed by atoms with Crippen LogP contribution in [0.2, 0.25) is 0 Å². The zero-order chi connectivity index (χ0) is 17.0. The van der Waals surface area contributed by atoms with Crippen LogP contribution in [0.3, 0.4) is 0 Å². The van der Waals surface area contributed by atoms with Crippen LogP contribution in [0.4, 0.5) is 0 Å². The molecule has 1 aliphatic heterocycles. The van der Waals surface area contributed by atoms with Gasteiger partial charge in [0.05, 0.1) is 0 Å². The molecule has 1 saturated carbocycles. The van der Waals surface area contributed by atoms with Crippen molar-refractivity contribution in [2.45, 2.75) is 110 Å². The van der Waals surface area contributed by atoms with E-state index >= 15 is 0 Å². The third-order valence-corrected chi connectivity index (χ3v) is 6.99. The molecular formula is C23H45N. The van der Waals surface area contributed by atoms with E-state index in [2.05, 4.69) is 19.2 Å². The minimum atomic E-state index is 0.964. The molecule has 0 aromatic carbocycles. The molecule has 1 N–H and O–H groups in total. The smallest absolute Gasteiger partial charge is 0.00462 e. The summed E-state index contributed by atoms with van der Waals surface area (Å²) in [6.45, 7) is 7.36. The average molecular weight is 336 g/mol. The maximum atomic E-state index is 3.73. The third-order valence-electron chi connectivity index (χ3n) is 6.99. The lowest BCUT2D eigenvalue weighted by Crippen LogP contribution is -2.23. The monoisotopic (exact) mass is 335 g/mol. The van der Waals surface area contributed by atoms with Gasteiger partial charge in [0.2, 0.25) is 0 Å². The first-order chi connectivity index (χ1) is 11.8. The van der Waals surface area contributed by atoms with Gasteiger partial charge in [-0.2, -0.15) is 0 Å². The van der Waals surface area contributed by atoms with E-state index in [0.717, 1.165) is 23.7 Å². The van der Waals surface area contributed by atoms with Crippen LogP contribution in [0.15, 0.2) is 0 Å². The first kappa shape index (κ1) is 20.3. The van der Waals surface area contributed by atoms with Gasteiger partial charge < -0.3 is 5.32 Å². The molecule has 2 fully saturated rings. The number of nitrogens with one attached hydrogen (secondary N) is 1. The third kappa shape index (κ3) is 7.89. The Balaban J connectivity index is 1.74. The van der Waals surface area contributed by atoms with E-state index in [1.54, 1.807) is 6.42 Å². The normalized spacial score (nSPS) is 33.8. The Morgan fingerprint density at radius 3 is 2.50 bits per heavy atom. The Kier molecular flexibility index (Phi) is 10.4. The maximum Gasteiger partial charge on any atom is -0.00462 e. The van der Waals surface area contributed by atoms with E-state index in [1.807, 2.05) is 0 Å². The van der Waals surface area contributed by atoms with Crippen molar-refractivity contribution in [3.63, 3.8) is 0 Å². The van der Waals surface area contributed by atoms with Crippen molar-refractivity contribution < 1.29 is 0 Å². The molecule has 0 aromatic rings. The van der Waals surface area contributed by atoms with Crippen LogP contribution in [-0.4, -0.2) is 13.1 Å². The molecule has 1 nitrogen and oxygen atoms in total. The molecule has 0 radical (unpaired) electrons. The molecular weight excluding hydrogens is 290 g/mol. The van der Waals surface area contributed by atoms with Gasteiger partial charge in [-0.05, 0) is 68.9 Å². The number of hydrogen-bond acceptors (Lipinski definition) is 1. The first-order valence-electron chi connectivity index (χ1n) is 11.5. The van der Waals surface area contributed by atoms with Gasteiger partial charge in [-0.1, -0.05) is 78.1 Å². The molecule has 0 spiro atoms. The van der Waals surface area contributed by atoms with E-state index < -0.39 is 0 Å². The second kappa shape index (κ2) is 12.3. The van der Waals surface area contributed by atoms with Crippen molar-refractivity contribution in [2.75, 3.05) is 13.1 Å². The zero-order valence-electron chi connectivity index (χ0n) is 16.8. The molecule has 24 heavy (non-hydrogen) atoms. The quantitative estimate of drug-likeness (QED) is 0.517. The summed E-state index contributed by atoms with van der Waals surface area (Å²) in [6.07, 6.45) is 22.1. The second-order valence-electron chi connectivity index (χ2n) is 9.12. The summed E-state index contributed by atoms with van der Waals surface area (Å²) in [7, 11) is 0. The van der Waals surface area contributed by atoms with Gasteiger partial charge in [0.1, 0.15) is 0 Å². The topological polar surface area (TPSA) is 12.0 Å². The van der Waals surface area contributed by atoms with Crippen LogP contribution in [0.5, 0.6) is 0 Å². The zero-order valence-corrected chi connectivity index (χ0v) is 16.8. The van der Waals surface area contributed by atoms with Crippen molar-refractivity contribution in [1.29, 1.82) is 0 Å². The first-order valence-corrected chi connectivity index (χ1v) is 11.5. The van der Waals surface area contributed by atoms with E-state index in [9.17, 15) is 0 Å². The summed E-state index contributed by atoms with van der Waals surface area (Å²) in [4.78, 5) is 0. The lowest BCUT2D eigenvalue weighted by atomic mass is 9.81. The fraction of sp³-hybridized carbons (Fsp3) is 1.00. The largest absolute Gasteiger partial charge is 0.317 e. The summed E-state index contributed by atoms with van der Waals surface area (Å²) >= 11 is 0. The van der Waals surface area contributed by atoms with Crippen molar-refractivity contribution in [2.24, 2.45) is 23.7 Å². The fourth-order valence-corrected chi connectivity index (χ4v) is 5.25. The molecule has 142 valence electrons. The number of hydrogen-bond donors (Lipinski definition) is 1. The van der Waals surface area contributed by atoms with E-state index in [-0.39, 0.29) is 0 Å². The van der Waals surface area contributed by atoms with Gasteiger partial charge in [0.25, 0.3) is 0 Å². The molecule has 0 bridgehead atoms. The van der Waals surface area contributed by atoms with Crippen LogP contribution in [0, 0.1) is 23.7 Å². The number of unbranched alkanes of at least 4 members (excludes halogenated alkanes) is 3. The molecule has 1 aliphatic carbocycles. The fourth-order valence-electron chi connectivity index (χ4n) is 5.25. The summed E-state index contributed by atoms with van der Waals surface area (Å²) in [5, 5.41) is 3.73. The molecule has 1 unspecified atom stereocenters. The minimum Gasteiger partial charge on any atom is -0.317 e. The highest BCUT2D eigenvalue weighted by molar-refractivity contribution is 4.82. The lowest BCUT2D eigenvalue weighted by molar-refractivity contribution is 0.259. The highest BCUT2D eigenvalue weighted by Gasteiger charge is 2.30. The van der Waals surface area contributed by atoms with E-state index in [0.29, 0.717) is 0 Å². The van der Waals surface area contributed by atoms with Crippen molar-refractivity contribution in [3.05, 3.63) is 0 Å². The van der Waals surface area contributed by atoms with E-state index in [4.69, 9.17) is 0 Å². The predicted molar refractivity (Wildman–Crippen MR) is 107 cm³/mol.